The summed E-state index contributed by atoms with van der Waals surface area (Å²) in [4.78, 5) is 12.3. The van der Waals surface area contributed by atoms with Crippen LogP contribution in [0.1, 0.15) is 10.4 Å². The molecule has 0 atom stereocenters. The van der Waals surface area contributed by atoms with Crippen LogP contribution in [-0.4, -0.2) is 27.2 Å². The predicted molar refractivity (Wildman–Crippen MR) is 93.2 cm³/mol. The van der Waals surface area contributed by atoms with Crippen LogP contribution in [0.5, 0.6) is 17.2 Å². The van der Waals surface area contributed by atoms with E-state index in [4.69, 9.17) is 14.2 Å². The number of rotatable bonds is 5. The van der Waals surface area contributed by atoms with Crippen LogP contribution in [0.15, 0.2) is 36.4 Å². The number of ether oxygens (including phenoxy) is 3. The molecule has 0 saturated carbocycles. The minimum Gasteiger partial charge on any atom is -0.493 e. The van der Waals surface area contributed by atoms with E-state index in [0.717, 1.165) is 3.57 Å². The lowest BCUT2D eigenvalue weighted by Crippen LogP contribution is -2.12. The van der Waals surface area contributed by atoms with Gasteiger partial charge in [0.25, 0.3) is 5.91 Å². The Kier molecular flexibility index (Phi) is 5.48. The van der Waals surface area contributed by atoms with Crippen LogP contribution < -0.4 is 19.5 Å². The summed E-state index contributed by atoms with van der Waals surface area (Å²) in [5, 5.41) is 2.82. The Morgan fingerprint density at radius 2 is 1.50 bits per heavy atom. The lowest BCUT2D eigenvalue weighted by Gasteiger charge is -2.14. The number of hydrogen-bond acceptors (Lipinski definition) is 4. The molecule has 116 valence electrons. The van der Waals surface area contributed by atoms with Crippen LogP contribution in [0.4, 0.5) is 5.69 Å². The van der Waals surface area contributed by atoms with Gasteiger partial charge in [-0.25, -0.2) is 0 Å². The van der Waals surface area contributed by atoms with Gasteiger partial charge in [-0.2, -0.15) is 0 Å². The van der Waals surface area contributed by atoms with Crippen molar-refractivity contribution in [1.29, 1.82) is 0 Å². The van der Waals surface area contributed by atoms with E-state index >= 15 is 0 Å². The molecule has 2 aromatic rings. The van der Waals surface area contributed by atoms with Gasteiger partial charge in [0, 0.05) is 27.0 Å². The molecule has 0 aliphatic heterocycles. The minimum absolute atomic E-state index is 0.203. The molecule has 0 heterocycles. The summed E-state index contributed by atoms with van der Waals surface area (Å²) in [5.74, 6) is 1.25. The summed E-state index contributed by atoms with van der Waals surface area (Å²) in [6.45, 7) is 0. The van der Waals surface area contributed by atoms with Crippen molar-refractivity contribution in [2.75, 3.05) is 26.6 Å². The van der Waals surface area contributed by atoms with E-state index in [1.54, 1.807) is 24.3 Å². The first-order chi connectivity index (χ1) is 10.6. The third-order valence-corrected chi connectivity index (χ3v) is 3.75. The van der Waals surface area contributed by atoms with Crippen LogP contribution in [0.3, 0.4) is 0 Å². The Balaban J connectivity index is 2.29. The fourth-order valence-electron chi connectivity index (χ4n) is 1.96. The summed E-state index contributed by atoms with van der Waals surface area (Å²) in [6.07, 6.45) is 0. The molecule has 1 N–H and O–H groups in total. The number of amides is 1. The van der Waals surface area contributed by atoms with Crippen molar-refractivity contribution in [3.05, 3.63) is 45.5 Å². The van der Waals surface area contributed by atoms with Gasteiger partial charge in [-0.1, -0.05) is 0 Å². The molecule has 0 aromatic heterocycles. The Bertz CT molecular complexity index is 645. The van der Waals surface area contributed by atoms with Crippen molar-refractivity contribution in [1.82, 2.24) is 0 Å². The van der Waals surface area contributed by atoms with Gasteiger partial charge in [-0.05, 0) is 46.9 Å². The molecule has 0 bridgehead atoms. The van der Waals surface area contributed by atoms with Crippen molar-refractivity contribution in [3.8, 4) is 17.2 Å². The number of nitrogens with one attached hydrogen (secondary N) is 1. The lowest BCUT2D eigenvalue weighted by molar-refractivity contribution is 0.102. The number of anilines is 1. The second-order valence-electron chi connectivity index (χ2n) is 4.38. The van der Waals surface area contributed by atoms with E-state index in [9.17, 15) is 4.79 Å². The molecule has 5 nitrogen and oxygen atoms in total. The van der Waals surface area contributed by atoms with Crippen molar-refractivity contribution >= 4 is 34.2 Å². The zero-order chi connectivity index (χ0) is 16.1. The molecule has 0 unspecified atom stereocenters. The molecule has 0 aliphatic rings. The topological polar surface area (TPSA) is 56.8 Å². The monoisotopic (exact) mass is 413 g/mol. The maximum atomic E-state index is 12.3. The van der Waals surface area contributed by atoms with E-state index in [-0.39, 0.29) is 5.91 Å². The van der Waals surface area contributed by atoms with E-state index in [1.807, 2.05) is 12.1 Å². The second kappa shape index (κ2) is 7.35. The SMILES string of the molecule is COc1cc(NC(=O)c2ccc(I)cc2)cc(OC)c1OC. The molecule has 2 aromatic carbocycles. The van der Waals surface area contributed by atoms with E-state index < -0.39 is 0 Å². The molecule has 0 radical (unpaired) electrons. The van der Waals surface area contributed by atoms with Gasteiger partial charge < -0.3 is 19.5 Å². The predicted octanol–water partition coefficient (Wildman–Crippen LogP) is 3.57. The third-order valence-electron chi connectivity index (χ3n) is 3.03. The normalized spacial score (nSPS) is 10.0. The van der Waals surface area contributed by atoms with E-state index in [0.29, 0.717) is 28.5 Å². The van der Waals surface area contributed by atoms with Crippen molar-refractivity contribution < 1.29 is 19.0 Å². The van der Waals surface area contributed by atoms with Gasteiger partial charge in [0.05, 0.1) is 21.3 Å². The summed E-state index contributed by atoms with van der Waals surface area (Å²) in [7, 11) is 4.59. The largest absolute Gasteiger partial charge is 0.493 e. The Morgan fingerprint density at radius 3 is 1.95 bits per heavy atom. The number of methoxy groups -OCH3 is 3. The van der Waals surface area contributed by atoms with Gasteiger partial charge in [-0.15, -0.1) is 0 Å². The minimum atomic E-state index is -0.203. The fourth-order valence-corrected chi connectivity index (χ4v) is 2.32. The van der Waals surface area contributed by atoms with Crippen LogP contribution in [-0.2, 0) is 0 Å². The average molecular weight is 413 g/mol. The summed E-state index contributed by atoms with van der Waals surface area (Å²) < 4.78 is 16.9. The molecule has 0 spiro atoms. The van der Waals surface area contributed by atoms with E-state index in [2.05, 4.69) is 27.9 Å². The second-order valence-corrected chi connectivity index (χ2v) is 5.62. The maximum Gasteiger partial charge on any atom is 0.255 e. The lowest BCUT2D eigenvalue weighted by atomic mass is 10.2. The first-order valence-electron chi connectivity index (χ1n) is 6.46. The van der Waals surface area contributed by atoms with Gasteiger partial charge in [0.1, 0.15) is 0 Å². The van der Waals surface area contributed by atoms with Gasteiger partial charge >= 0.3 is 0 Å². The van der Waals surface area contributed by atoms with Crippen LogP contribution in [0.2, 0.25) is 0 Å². The standard InChI is InChI=1S/C16H16INO4/c1-20-13-8-12(9-14(21-2)15(13)22-3)18-16(19)10-4-6-11(17)7-5-10/h4-9H,1-3H3,(H,18,19). The Hall–Kier alpha value is -1.96. The van der Waals surface area contributed by atoms with Crippen LogP contribution in [0.25, 0.3) is 0 Å². The van der Waals surface area contributed by atoms with Gasteiger partial charge in [-0.3, -0.25) is 4.79 Å². The molecule has 0 fully saturated rings. The number of carbonyl (C=O) groups excluding carboxylic acids is 1. The highest BCUT2D eigenvalue weighted by atomic mass is 127. The summed E-state index contributed by atoms with van der Waals surface area (Å²) in [6, 6.07) is 10.7. The molecule has 2 rings (SSSR count). The first-order valence-corrected chi connectivity index (χ1v) is 7.54. The molecule has 1 amide bonds. The van der Waals surface area contributed by atoms with Crippen LogP contribution in [0, 0.1) is 3.57 Å². The quantitative estimate of drug-likeness (QED) is 0.762. The van der Waals surface area contributed by atoms with Crippen molar-refractivity contribution in [2.45, 2.75) is 0 Å². The highest BCUT2D eigenvalue weighted by molar-refractivity contribution is 14.1. The van der Waals surface area contributed by atoms with E-state index in [1.165, 1.54) is 21.3 Å². The zero-order valence-electron chi connectivity index (χ0n) is 12.5. The highest BCUT2D eigenvalue weighted by Gasteiger charge is 2.15. The third kappa shape index (κ3) is 3.62. The smallest absolute Gasteiger partial charge is 0.255 e. The summed E-state index contributed by atoms with van der Waals surface area (Å²) in [5.41, 5.74) is 1.15. The van der Waals surface area contributed by atoms with Gasteiger partial charge in [0.2, 0.25) is 5.75 Å². The molecule has 0 aliphatic carbocycles. The van der Waals surface area contributed by atoms with Crippen molar-refractivity contribution in [3.63, 3.8) is 0 Å². The first kappa shape index (κ1) is 16.4. The summed E-state index contributed by atoms with van der Waals surface area (Å²) >= 11 is 2.19. The molecular formula is C16H16INO4. The highest BCUT2D eigenvalue weighted by Crippen LogP contribution is 2.39. The molecule has 0 saturated heterocycles. The Labute approximate surface area is 142 Å². The van der Waals surface area contributed by atoms with Crippen molar-refractivity contribution in [2.24, 2.45) is 0 Å². The maximum absolute atomic E-state index is 12.3. The fraction of sp³-hybridized carbons (Fsp3) is 0.188. The zero-order valence-corrected chi connectivity index (χ0v) is 14.6. The Morgan fingerprint density at radius 1 is 0.955 bits per heavy atom. The molecule has 22 heavy (non-hydrogen) atoms. The number of benzene rings is 2. The number of hydrogen-bond donors (Lipinski definition) is 1. The number of carbonyl (C=O) groups is 1. The molecular weight excluding hydrogens is 397 g/mol. The number of halogens is 1. The molecule has 6 heteroatoms. The van der Waals surface area contributed by atoms with Crippen LogP contribution >= 0.6 is 22.6 Å². The average Bonchev–Trinajstić information content (AvgIpc) is 2.54. The van der Waals surface area contributed by atoms with Gasteiger partial charge in [0.15, 0.2) is 11.5 Å².